The van der Waals surface area contributed by atoms with Gasteiger partial charge in [0.2, 0.25) is 5.52 Å². The van der Waals surface area contributed by atoms with Gasteiger partial charge in [0.15, 0.2) is 12.7 Å². The van der Waals surface area contributed by atoms with Crippen molar-refractivity contribution in [2.45, 2.75) is 6.54 Å². The number of fused-ring (bicyclic) bond motifs is 1. The lowest BCUT2D eigenvalue weighted by atomic mass is 10.1. The minimum atomic E-state index is -0.364. The summed E-state index contributed by atoms with van der Waals surface area (Å²) in [5.74, 6) is 0. The minimum Gasteiger partial charge on any atom is -1.00 e. The average Bonchev–Trinajstić information content (AvgIpc) is 2.48. The molecule has 1 aromatic heterocycles. The van der Waals surface area contributed by atoms with Gasteiger partial charge in [0, 0.05) is 35.2 Å². The van der Waals surface area contributed by atoms with Crippen molar-refractivity contribution < 1.29 is 21.9 Å². The molecule has 2 aromatic carbocycles. The number of para-hydroxylation sites is 1. The quantitative estimate of drug-likeness (QED) is 0.391. The van der Waals surface area contributed by atoms with Crippen LogP contribution in [0, 0.1) is 10.1 Å². The van der Waals surface area contributed by atoms with E-state index in [1.165, 1.54) is 6.07 Å². The first kappa shape index (κ1) is 14.9. The first-order chi connectivity index (χ1) is 9.74. The Morgan fingerprint density at radius 3 is 2.57 bits per heavy atom. The summed E-state index contributed by atoms with van der Waals surface area (Å²) in [5, 5.41) is 12.0. The number of pyridine rings is 1. The summed E-state index contributed by atoms with van der Waals surface area (Å²) >= 11 is 0. The van der Waals surface area contributed by atoms with E-state index in [0.29, 0.717) is 6.54 Å². The molecule has 21 heavy (non-hydrogen) atoms. The molecule has 0 bridgehead atoms. The maximum atomic E-state index is 10.8. The predicted octanol–water partition coefficient (Wildman–Crippen LogP) is 0.0878. The second kappa shape index (κ2) is 6.33. The van der Waals surface area contributed by atoms with Crippen LogP contribution in [0.25, 0.3) is 10.9 Å². The summed E-state index contributed by atoms with van der Waals surface area (Å²) < 4.78 is 2.09. The molecule has 106 valence electrons. The summed E-state index contributed by atoms with van der Waals surface area (Å²) in [7, 11) is 0. The Balaban J connectivity index is 0.00000161. The van der Waals surface area contributed by atoms with Crippen LogP contribution in [0.5, 0.6) is 0 Å². The number of rotatable bonds is 3. The Morgan fingerprint density at radius 1 is 1.00 bits per heavy atom. The third-order valence-electron chi connectivity index (χ3n) is 3.26. The molecule has 0 unspecified atom stereocenters. The van der Waals surface area contributed by atoms with E-state index in [2.05, 4.69) is 16.7 Å². The molecule has 5 heteroatoms. The van der Waals surface area contributed by atoms with E-state index >= 15 is 0 Å². The molecule has 0 radical (unpaired) electrons. The fourth-order valence-electron chi connectivity index (χ4n) is 2.32. The van der Waals surface area contributed by atoms with E-state index in [-0.39, 0.29) is 23.0 Å². The van der Waals surface area contributed by atoms with Crippen molar-refractivity contribution in [3.63, 3.8) is 0 Å². The van der Waals surface area contributed by atoms with Crippen LogP contribution >= 0.6 is 0 Å². The van der Waals surface area contributed by atoms with E-state index in [1.807, 2.05) is 36.5 Å². The molecule has 0 saturated heterocycles. The van der Waals surface area contributed by atoms with Crippen LogP contribution < -0.4 is 17.0 Å². The summed E-state index contributed by atoms with van der Waals surface area (Å²) in [6.07, 6.45) is 1.99. The molecule has 3 aromatic rings. The van der Waals surface area contributed by atoms with Crippen molar-refractivity contribution in [2.24, 2.45) is 0 Å². The highest BCUT2D eigenvalue weighted by molar-refractivity contribution is 5.74. The third-order valence-corrected chi connectivity index (χ3v) is 3.26. The van der Waals surface area contributed by atoms with Crippen molar-refractivity contribution >= 4 is 16.6 Å². The number of halogens is 1. The van der Waals surface area contributed by atoms with Crippen molar-refractivity contribution in [1.82, 2.24) is 0 Å². The van der Waals surface area contributed by atoms with Crippen LogP contribution in [-0.2, 0) is 6.54 Å². The first-order valence-corrected chi connectivity index (χ1v) is 6.34. The number of hydrogen-bond acceptors (Lipinski definition) is 2. The number of non-ortho nitro benzene ring substituents is 1. The Bertz CT molecular complexity index is 785. The molecule has 4 nitrogen and oxygen atoms in total. The second-order valence-corrected chi connectivity index (χ2v) is 4.62. The van der Waals surface area contributed by atoms with E-state index in [4.69, 9.17) is 0 Å². The molecular formula is C16H13ClN2O2. The summed E-state index contributed by atoms with van der Waals surface area (Å²) in [6.45, 7) is 0.614. The van der Waals surface area contributed by atoms with Gasteiger partial charge in [0.25, 0.3) is 5.69 Å². The van der Waals surface area contributed by atoms with E-state index in [1.54, 1.807) is 12.1 Å². The largest absolute Gasteiger partial charge is 1.00 e. The van der Waals surface area contributed by atoms with Crippen molar-refractivity contribution in [3.8, 4) is 0 Å². The molecule has 3 rings (SSSR count). The van der Waals surface area contributed by atoms with Gasteiger partial charge in [-0.2, -0.15) is 4.57 Å². The highest BCUT2D eigenvalue weighted by Gasteiger charge is 2.11. The fourth-order valence-corrected chi connectivity index (χ4v) is 2.32. The van der Waals surface area contributed by atoms with Crippen molar-refractivity contribution in [1.29, 1.82) is 0 Å². The van der Waals surface area contributed by atoms with Crippen LogP contribution in [-0.4, -0.2) is 4.92 Å². The van der Waals surface area contributed by atoms with Gasteiger partial charge in [-0.05, 0) is 12.1 Å². The number of benzene rings is 2. The summed E-state index contributed by atoms with van der Waals surface area (Å²) in [5.41, 5.74) is 2.16. The zero-order valence-corrected chi connectivity index (χ0v) is 11.9. The molecule has 0 N–H and O–H groups in total. The highest BCUT2D eigenvalue weighted by Crippen LogP contribution is 2.14. The topological polar surface area (TPSA) is 47.0 Å². The summed E-state index contributed by atoms with van der Waals surface area (Å²) in [4.78, 5) is 10.5. The molecule has 0 spiro atoms. The van der Waals surface area contributed by atoms with Gasteiger partial charge in [-0.25, -0.2) is 0 Å². The Kier molecular flexibility index (Phi) is 4.50. The van der Waals surface area contributed by atoms with Gasteiger partial charge in [-0.3, -0.25) is 10.1 Å². The molecular weight excluding hydrogens is 288 g/mol. The molecule has 0 atom stereocenters. The van der Waals surface area contributed by atoms with Crippen LogP contribution in [0.3, 0.4) is 0 Å². The number of aromatic nitrogens is 1. The minimum absolute atomic E-state index is 0. The van der Waals surface area contributed by atoms with E-state index in [9.17, 15) is 10.1 Å². The molecule has 0 aliphatic heterocycles. The average molecular weight is 301 g/mol. The second-order valence-electron chi connectivity index (χ2n) is 4.62. The maximum absolute atomic E-state index is 10.8. The van der Waals surface area contributed by atoms with E-state index in [0.717, 1.165) is 16.5 Å². The molecule has 0 amide bonds. The molecule has 0 saturated carbocycles. The van der Waals surface area contributed by atoms with Crippen LogP contribution in [0.15, 0.2) is 66.9 Å². The van der Waals surface area contributed by atoms with Gasteiger partial charge in [-0.1, -0.05) is 24.3 Å². The standard InChI is InChI=1S/C16H13N2O2.ClH/c19-18(20)15-8-3-5-13(11-15)12-17-10-4-7-14-6-1-2-9-16(14)17;/h1-11H,12H2;1H/q+1;/p-1. The Labute approximate surface area is 128 Å². The van der Waals surface area contributed by atoms with Crippen LogP contribution in [0.4, 0.5) is 5.69 Å². The normalized spacial score (nSPS) is 10.1. The van der Waals surface area contributed by atoms with Gasteiger partial charge in [0.05, 0.1) is 4.92 Å². The van der Waals surface area contributed by atoms with Gasteiger partial charge in [0.1, 0.15) is 0 Å². The SMILES string of the molecule is O=[N+]([O-])c1cccc(C[n+]2cccc3ccccc32)c1.[Cl-]. The fraction of sp³-hybridized carbons (Fsp3) is 0.0625. The number of nitro groups is 1. The Morgan fingerprint density at radius 2 is 1.76 bits per heavy atom. The molecule has 1 heterocycles. The molecule has 0 aliphatic carbocycles. The lowest BCUT2D eigenvalue weighted by molar-refractivity contribution is -0.662. The summed E-state index contributed by atoms with van der Waals surface area (Å²) in [6, 6.07) is 18.9. The van der Waals surface area contributed by atoms with Gasteiger partial charge >= 0.3 is 0 Å². The molecule has 0 fully saturated rings. The number of nitro benzene ring substituents is 1. The van der Waals surface area contributed by atoms with Crippen LogP contribution in [0.2, 0.25) is 0 Å². The maximum Gasteiger partial charge on any atom is 0.269 e. The Hall–Kier alpha value is -2.46. The lowest BCUT2D eigenvalue weighted by Gasteiger charge is -2.01. The van der Waals surface area contributed by atoms with Crippen molar-refractivity contribution in [3.05, 3.63) is 82.5 Å². The zero-order chi connectivity index (χ0) is 13.9. The predicted molar refractivity (Wildman–Crippen MR) is 76.3 cm³/mol. The smallest absolute Gasteiger partial charge is 0.269 e. The highest BCUT2D eigenvalue weighted by atomic mass is 35.5. The van der Waals surface area contributed by atoms with E-state index < -0.39 is 0 Å². The lowest BCUT2D eigenvalue weighted by Crippen LogP contribution is -3.00. The van der Waals surface area contributed by atoms with Gasteiger partial charge in [-0.15, -0.1) is 0 Å². The van der Waals surface area contributed by atoms with Crippen molar-refractivity contribution in [2.75, 3.05) is 0 Å². The van der Waals surface area contributed by atoms with Crippen LogP contribution in [0.1, 0.15) is 5.56 Å². The third kappa shape index (κ3) is 3.17. The monoisotopic (exact) mass is 300 g/mol. The first-order valence-electron chi connectivity index (χ1n) is 6.34. The van der Waals surface area contributed by atoms with Gasteiger partial charge < -0.3 is 12.4 Å². The zero-order valence-electron chi connectivity index (χ0n) is 11.1. The number of nitrogens with zero attached hydrogens (tertiary/aromatic N) is 2. The number of hydrogen-bond donors (Lipinski definition) is 0. The molecule has 0 aliphatic rings.